The molecule has 0 bridgehead atoms. The Kier molecular flexibility index (Phi) is 3.86. The largest absolute Gasteiger partial charge is 0.756 e. The Balaban J connectivity index is 4.44. The lowest BCUT2D eigenvalue weighted by Gasteiger charge is -2.32. The first-order valence-electron chi connectivity index (χ1n) is 3.18. The summed E-state index contributed by atoms with van der Waals surface area (Å²) in [4.78, 5) is 28.8. The van der Waals surface area contributed by atoms with Gasteiger partial charge in [0, 0.05) is 0 Å². The van der Waals surface area contributed by atoms with Crippen LogP contribution in [0.15, 0.2) is 0 Å². The highest BCUT2D eigenvalue weighted by atomic mass is 31.3. The van der Waals surface area contributed by atoms with Crippen LogP contribution in [0.4, 0.5) is 0 Å². The van der Waals surface area contributed by atoms with E-state index in [9.17, 15) is 18.9 Å². The fourth-order valence-corrected chi connectivity index (χ4v) is 2.29. The zero-order chi connectivity index (χ0) is 10.9. The molecule has 0 spiro atoms. The van der Waals surface area contributed by atoms with Crippen molar-refractivity contribution in [3.05, 3.63) is 0 Å². The molecule has 0 aromatic rings. The third-order valence-corrected chi connectivity index (χ3v) is 2.99. The summed E-state index contributed by atoms with van der Waals surface area (Å²) in [5.74, 6) is 0. The van der Waals surface area contributed by atoms with Gasteiger partial charge in [-0.25, -0.2) is 4.31 Å². The average molecular weight is 232 g/mol. The van der Waals surface area contributed by atoms with E-state index in [0.29, 0.717) is 0 Å². The van der Waals surface area contributed by atoms with Gasteiger partial charge in [-0.1, -0.05) is 0 Å². The van der Waals surface area contributed by atoms with Crippen LogP contribution in [0.2, 0.25) is 0 Å². The molecular weight excluding hydrogens is 222 g/mol. The maximum absolute atomic E-state index is 10.7. The van der Waals surface area contributed by atoms with Crippen molar-refractivity contribution in [3.8, 4) is 0 Å². The van der Waals surface area contributed by atoms with Crippen molar-refractivity contribution >= 4 is 15.6 Å². The molecule has 0 aromatic carbocycles. The summed E-state index contributed by atoms with van der Waals surface area (Å²) in [5.41, 5.74) is -1.12. The monoisotopic (exact) mass is 232 g/mol. The van der Waals surface area contributed by atoms with Crippen LogP contribution in [0.1, 0.15) is 20.8 Å². The van der Waals surface area contributed by atoms with Crippen LogP contribution in [0, 0.1) is 0 Å². The first kappa shape index (κ1) is 13.3. The summed E-state index contributed by atoms with van der Waals surface area (Å²) < 4.78 is 28.3. The van der Waals surface area contributed by atoms with Crippen molar-refractivity contribution in [2.24, 2.45) is 0 Å². The summed E-state index contributed by atoms with van der Waals surface area (Å²) in [5, 5.41) is 0. The molecule has 0 aliphatic rings. The molecular formula is C4H10O7P2-2. The predicted molar refractivity (Wildman–Crippen MR) is 39.4 cm³/mol. The van der Waals surface area contributed by atoms with Gasteiger partial charge in [0.25, 0.3) is 15.6 Å². The minimum absolute atomic E-state index is 1.12. The summed E-state index contributed by atoms with van der Waals surface area (Å²) >= 11 is 0. The lowest BCUT2D eigenvalue weighted by atomic mass is 10.2. The Bertz CT molecular complexity index is 260. The van der Waals surface area contributed by atoms with Gasteiger partial charge in [0.2, 0.25) is 0 Å². The lowest BCUT2D eigenvalue weighted by Crippen LogP contribution is -2.23. The number of phosphoric ester groups is 1. The smallest absolute Gasteiger partial charge is 0.274 e. The highest BCUT2D eigenvalue weighted by Crippen LogP contribution is 2.54. The summed E-state index contributed by atoms with van der Waals surface area (Å²) in [6.45, 7) is 4.15. The Morgan fingerprint density at radius 3 is 1.85 bits per heavy atom. The second-order valence-corrected chi connectivity index (χ2v) is 5.87. The number of rotatable bonds is 3. The van der Waals surface area contributed by atoms with Gasteiger partial charge >= 0.3 is 0 Å². The Hall–Kier alpha value is 0.260. The van der Waals surface area contributed by atoms with Crippen LogP contribution in [-0.4, -0.2) is 10.5 Å². The van der Waals surface area contributed by atoms with Gasteiger partial charge in [-0.3, -0.25) is 9.13 Å². The van der Waals surface area contributed by atoms with Gasteiger partial charge in [0.05, 0.1) is 5.60 Å². The standard InChI is InChI=1S/C4H12O7P2/c1-4(2,3)10-13(8,9)11-12(5,6)7/h1-3H3,(H,8,9)(H2,5,6,7)/p-2. The van der Waals surface area contributed by atoms with E-state index < -0.39 is 21.2 Å². The molecule has 0 heterocycles. The molecule has 0 amide bonds. The van der Waals surface area contributed by atoms with Crippen molar-refractivity contribution in [2.45, 2.75) is 26.4 Å². The van der Waals surface area contributed by atoms with Crippen molar-refractivity contribution in [3.63, 3.8) is 0 Å². The van der Waals surface area contributed by atoms with Gasteiger partial charge in [-0.2, -0.15) is 0 Å². The van der Waals surface area contributed by atoms with E-state index >= 15 is 0 Å². The molecule has 2 atom stereocenters. The van der Waals surface area contributed by atoms with E-state index in [1.54, 1.807) is 0 Å². The molecule has 2 unspecified atom stereocenters. The van der Waals surface area contributed by atoms with Crippen molar-refractivity contribution in [1.82, 2.24) is 0 Å². The number of phosphoric acid groups is 2. The third kappa shape index (κ3) is 8.59. The Morgan fingerprint density at radius 1 is 1.23 bits per heavy atom. The molecule has 9 heteroatoms. The molecule has 1 N–H and O–H groups in total. The summed E-state index contributed by atoms with van der Waals surface area (Å²) in [6, 6.07) is 0. The molecule has 0 aliphatic heterocycles. The van der Waals surface area contributed by atoms with Gasteiger partial charge in [0.15, 0.2) is 0 Å². The van der Waals surface area contributed by atoms with Gasteiger partial charge in [-0.05, 0) is 20.8 Å². The average Bonchev–Trinajstić information content (AvgIpc) is 1.43. The quantitative estimate of drug-likeness (QED) is 0.666. The molecule has 0 saturated carbocycles. The molecule has 0 aliphatic carbocycles. The molecule has 80 valence electrons. The highest BCUT2D eigenvalue weighted by molar-refractivity contribution is 7.59. The zero-order valence-electron chi connectivity index (χ0n) is 7.29. The highest BCUT2D eigenvalue weighted by Gasteiger charge is 2.23. The lowest BCUT2D eigenvalue weighted by molar-refractivity contribution is -0.245. The van der Waals surface area contributed by atoms with Crippen molar-refractivity contribution < 1.29 is 32.6 Å². The SMILES string of the molecule is CC(C)(C)OP(=O)([O-])OP(=O)([O-])O. The first-order valence-corrected chi connectivity index (χ1v) is 6.14. The van der Waals surface area contributed by atoms with Gasteiger partial charge in [-0.15, -0.1) is 0 Å². The van der Waals surface area contributed by atoms with Crippen LogP contribution in [0.25, 0.3) is 0 Å². The van der Waals surface area contributed by atoms with E-state index in [-0.39, 0.29) is 0 Å². The molecule has 0 rings (SSSR count). The van der Waals surface area contributed by atoms with E-state index in [1.165, 1.54) is 20.8 Å². The minimum atomic E-state index is -5.32. The molecule has 0 aromatic heterocycles. The topological polar surface area (TPSA) is 119 Å². The normalized spacial score (nSPS) is 22.0. The second kappa shape index (κ2) is 3.79. The maximum Gasteiger partial charge on any atom is 0.274 e. The molecule has 7 nitrogen and oxygen atoms in total. The van der Waals surface area contributed by atoms with Crippen molar-refractivity contribution in [2.75, 3.05) is 0 Å². The molecule has 0 saturated heterocycles. The molecule has 13 heavy (non-hydrogen) atoms. The Labute approximate surface area is 75.5 Å². The van der Waals surface area contributed by atoms with Crippen LogP contribution in [0.3, 0.4) is 0 Å². The maximum atomic E-state index is 10.7. The third-order valence-electron chi connectivity index (χ3n) is 0.589. The van der Waals surface area contributed by atoms with Crippen LogP contribution < -0.4 is 9.79 Å². The van der Waals surface area contributed by atoms with Crippen LogP contribution >= 0.6 is 15.6 Å². The van der Waals surface area contributed by atoms with E-state index in [0.717, 1.165) is 0 Å². The number of hydrogen-bond donors (Lipinski definition) is 1. The Morgan fingerprint density at radius 2 is 1.62 bits per heavy atom. The number of hydrogen-bond acceptors (Lipinski definition) is 6. The van der Waals surface area contributed by atoms with E-state index in [4.69, 9.17) is 4.89 Å². The minimum Gasteiger partial charge on any atom is -0.756 e. The second-order valence-electron chi connectivity index (χ2n) is 3.20. The zero-order valence-corrected chi connectivity index (χ0v) is 9.08. The van der Waals surface area contributed by atoms with Crippen molar-refractivity contribution in [1.29, 1.82) is 0 Å². The van der Waals surface area contributed by atoms with E-state index in [1.807, 2.05) is 0 Å². The van der Waals surface area contributed by atoms with Gasteiger partial charge in [0.1, 0.15) is 0 Å². The van der Waals surface area contributed by atoms with Gasteiger partial charge < -0.3 is 19.2 Å². The van der Waals surface area contributed by atoms with Crippen LogP contribution in [0.5, 0.6) is 0 Å². The predicted octanol–water partition coefficient (Wildman–Crippen LogP) is -0.253. The first-order chi connectivity index (χ1) is 5.41. The summed E-state index contributed by atoms with van der Waals surface area (Å²) in [7, 11) is -10.3. The molecule has 0 radical (unpaired) electrons. The summed E-state index contributed by atoms with van der Waals surface area (Å²) in [6.07, 6.45) is 0. The fraction of sp³-hybridized carbons (Fsp3) is 1.00. The fourth-order valence-electron chi connectivity index (χ4n) is 0.478. The molecule has 0 fully saturated rings. The van der Waals surface area contributed by atoms with Crippen LogP contribution in [-0.2, 0) is 18.0 Å². The van der Waals surface area contributed by atoms with E-state index in [2.05, 4.69) is 8.83 Å².